The number of carbonyl (C=O) groups excluding carboxylic acids is 1. The number of aromatic nitrogens is 1. The zero-order valence-electron chi connectivity index (χ0n) is 10.4. The number of hydrogen-bond acceptors (Lipinski definition) is 4. The van der Waals surface area contributed by atoms with Crippen molar-refractivity contribution in [1.29, 1.82) is 0 Å². The largest absolute Gasteiger partial charge is 0.428 e. The first kappa shape index (κ1) is 13.6. The van der Waals surface area contributed by atoms with Crippen molar-refractivity contribution >= 4 is 23.5 Å². The van der Waals surface area contributed by atoms with E-state index in [-0.39, 0.29) is 5.56 Å². The lowest BCUT2D eigenvalue weighted by atomic mass is 10.1. The zero-order valence-corrected chi connectivity index (χ0v) is 11.1. The summed E-state index contributed by atoms with van der Waals surface area (Å²) in [6.07, 6.45) is -0.480. The minimum absolute atomic E-state index is 0.00602. The SMILES string of the molecule is O=C1NN(c2ccc(Cl)cn2)C(c2ccc(F)cc2F)O1. The van der Waals surface area contributed by atoms with Gasteiger partial charge in [-0.2, -0.15) is 0 Å². The molecule has 1 aromatic carbocycles. The fourth-order valence-corrected chi connectivity index (χ4v) is 2.04. The minimum atomic E-state index is -1.09. The average molecular weight is 312 g/mol. The van der Waals surface area contributed by atoms with Crippen LogP contribution in [0.3, 0.4) is 0 Å². The molecule has 21 heavy (non-hydrogen) atoms. The number of benzene rings is 1. The van der Waals surface area contributed by atoms with Crippen molar-refractivity contribution in [3.8, 4) is 0 Å². The van der Waals surface area contributed by atoms with Gasteiger partial charge < -0.3 is 4.74 Å². The van der Waals surface area contributed by atoms with Gasteiger partial charge >= 0.3 is 6.09 Å². The predicted molar refractivity (Wildman–Crippen MR) is 70.4 cm³/mol. The number of carbonyl (C=O) groups is 1. The summed E-state index contributed by atoms with van der Waals surface area (Å²) in [5, 5.41) is 1.64. The van der Waals surface area contributed by atoms with E-state index < -0.39 is 24.0 Å². The fraction of sp³-hybridized carbons (Fsp3) is 0.0769. The van der Waals surface area contributed by atoms with Gasteiger partial charge in [-0.1, -0.05) is 11.6 Å². The molecule has 1 saturated heterocycles. The molecule has 0 spiro atoms. The lowest BCUT2D eigenvalue weighted by molar-refractivity contribution is 0.136. The molecule has 1 unspecified atom stereocenters. The van der Waals surface area contributed by atoms with Crippen molar-refractivity contribution in [2.24, 2.45) is 0 Å². The Morgan fingerprint density at radius 1 is 1.29 bits per heavy atom. The van der Waals surface area contributed by atoms with Gasteiger partial charge in [0.25, 0.3) is 0 Å². The molecular formula is C13H8ClF2N3O2. The Balaban J connectivity index is 1.99. The number of nitrogens with one attached hydrogen (secondary N) is 1. The second-order valence-corrected chi connectivity index (χ2v) is 4.68. The van der Waals surface area contributed by atoms with Crippen LogP contribution in [0, 0.1) is 11.6 Å². The normalized spacial score (nSPS) is 17.6. The number of hydrogen-bond donors (Lipinski definition) is 1. The summed E-state index contributed by atoms with van der Waals surface area (Å²) in [4.78, 5) is 15.5. The second-order valence-electron chi connectivity index (χ2n) is 4.24. The highest BCUT2D eigenvalue weighted by Crippen LogP contribution is 2.31. The number of nitrogens with zero attached hydrogens (tertiary/aromatic N) is 2. The molecular weight excluding hydrogens is 304 g/mol. The first-order chi connectivity index (χ1) is 10.0. The van der Waals surface area contributed by atoms with Gasteiger partial charge in [0.1, 0.15) is 11.6 Å². The van der Waals surface area contributed by atoms with Crippen LogP contribution in [0.1, 0.15) is 11.8 Å². The standard InChI is InChI=1S/C13H8ClF2N3O2/c14-7-1-4-11(17-6-7)19-12(21-13(20)18-19)9-3-2-8(15)5-10(9)16/h1-6,12H,(H,18,20). The van der Waals surface area contributed by atoms with Gasteiger partial charge in [0.05, 0.1) is 10.6 Å². The summed E-state index contributed by atoms with van der Waals surface area (Å²) in [6, 6.07) is 6.10. The lowest BCUT2D eigenvalue weighted by Gasteiger charge is -2.22. The van der Waals surface area contributed by atoms with E-state index in [2.05, 4.69) is 10.4 Å². The molecule has 1 N–H and O–H groups in total. The third kappa shape index (κ3) is 2.59. The van der Waals surface area contributed by atoms with Crippen LogP contribution in [0.2, 0.25) is 5.02 Å². The molecule has 1 atom stereocenters. The first-order valence-corrected chi connectivity index (χ1v) is 6.25. The van der Waals surface area contributed by atoms with Crippen LogP contribution in [0.15, 0.2) is 36.5 Å². The lowest BCUT2D eigenvalue weighted by Crippen LogP contribution is -2.35. The van der Waals surface area contributed by atoms with Crippen molar-refractivity contribution in [3.05, 3.63) is 58.7 Å². The molecule has 2 heterocycles. The van der Waals surface area contributed by atoms with E-state index in [1.807, 2.05) is 0 Å². The summed E-state index contributed by atoms with van der Waals surface area (Å²) >= 11 is 5.74. The number of anilines is 1. The van der Waals surface area contributed by atoms with Crippen LogP contribution in [0.4, 0.5) is 19.4 Å². The molecule has 2 aromatic rings. The van der Waals surface area contributed by atoms with Gasteiger partial charge in [-0.3, -0.25) is 0 Å². The maximum absolute atomic E-state index is 13.9. The zero-order chi connectivity index (χ0) is 15.0. The van der Waals surface area contributed by atoms with Crippen molar-refractivity contribution < 1.29 is 18.3 Å². The molecule has 1 fully saturated rings. The van der Waals surface area contributed by atoms with Crippen LogP contribution in [0.5, 0.6) is 0 Å². The predicted octanol–water partition coefficient (Wildman–Crippen LogP) is 3.17. The van der Waals surface area contributed by atoms with Crippen molar-refractivity contribution in [3.63, 3.8) is 0 Å². The van der Waals surface area contributed by atoms with E-state index in [4.69, 9.17) is 16.3 Å². The maximum Gasteiger partial charge on any atom is 0.428 e. The number of ether oxygens (including phenoxy) is 1. The fourth-order valence-electron chi connectivity index (χ4n) is 1.93. The highest BCUT2D eigenvalue weighted by atomic mass is 35.5. The number of hydrazine groups is 1. The van der Waals surface area contributed by atoms with E-state index >= 15 is 0 Å². The Labute approximate surface area is 123 Å². The Morgan fingerprint density at radius 3 is 2.76 bits per heavy atom. The van der Waals surface area contributed by atoms with Gasteiger partial charge in [-0.25, -0.2) is 29.0 Å². The van der Waals surface area contributed by atoms with Gasteiger partial charge in [-0.05, 0) is 24.3 Å². The first-order valence-electron chi connectivity index (χ1n) is 5.87. The molecule has 1 aromatic heterocycles. The number of amides is 1. The monoisotopic (exact) mass is 311 g/mol. The molecule has 1 aliphatic heterocycles. The molecule has 1 amide bonds. The quantitative estimate of drug-likeness (QED) is 0.925. The number of cyclic esters (lactones) is 1. The number of pyridine rings is 1. The van der Waals surface area contributed by atoms with Gasteiger partial charge in [0, 0.05) is 12.3 Å². The topological polar surface area (TPSA) is 54.5 Å². The maximum atomic E-state index is 13.9. The van der Waals surface area contributed by atoms with Gasteiger partial charge in [0.2, 0.25) is 6.23 Å². The summed E-state index contributed by atoms with van der Waals surface area (Å²) in [7, 11) is 0. The summed E-state index contributed by atoms with van der Waals surface area (Å²) in [5.74, 6) is -1.24. The Morgan fingerprint density at radius 2 is 2.10 bits per heavy atom. The van der Waals surface area contributed by atoms with Gasteiger partial charge in [-0.15, -0.1) is 0 Å². The molecule has 0 aliphatic carbocycles. The number of halogens is 3. The van der Waals surface area contributed by atoms with Gasteiger partial charge in [0.15, 0.2) is 5.82 Å². The summed E-state index contributed by atoms with van der Waals surface area (Å²) < 4.78 is 31.8. The van der Waals surface area contributed by atoms with Crippen molar-refractivity contribution in [2.75, 3.05) is 5.01 Å². The Kier molecular flexibility index (Phi) is 3.34. The van der Waals surface area contributed by atoms with Crippen LogP contribution < -0.4 is 10.4 Å². The molecule has 108 valence electrons. The highest BCUT2D eigenvalue weighted by Gasteiger charge is 2.36. The number of rotatable bonds is 2. The second kappa shape index (κ2) is 5.17. The average Bonchev–Trinajstić information content (AvgIpc) is 2.81. The third-order valence-electron chi connectivity index (χ3n) is 2.85. The Hall–Kier alpha value is -2.41. The third-order valence-corrected chi connectivity index (χ3v) is 3.08. The summed E-state index contributed by atoms with van der Waals surface area (Å²) in [5.41, 5.74) is 2.39. The van der Waals surface area contributed by atoms with Crippen LogP contribution in [-0.2, 0) is 4.74 Å². The van der Waals surface area contributed by atoms with E-state index in [1.54, 1.807) is 6.07 Å². The molecule has 0 bridgehead atoms. The van der Waals surface area contributed by atoms with E-state index in [0.29, 0.717) is 10.8 Å². The summed E-state index contributed by atoms with van der Waals surface area (Å²) in [6.45, 7) is 0. The molecule has 1 aliphatic rings. The molecule has 0 radical (unpaired) electrons. The van der Waals surface area contributed by atoms with E-state index in [9.17, 15) is 13.6 Å². The van der Waals surface area contributed by atoms with Crippen molar-refractivity contribution in [1.82, 2.24) is 10.4 Å². The van der Waals surface area contributed by atoms with Crippen LogP contribution >= 0.6 is 11.6 Å². The molecule has 0 saturated carbocycles. The van der Waals surface area contributed by atoms with E-state index in [0.717, 1.165) is 12.1 Å². The Bertz CT molecular complexity index is 696. The van der Waals surface area contributed by atoms with Crippen LogP contribution in [-0.4, -0.2) is 11.1 Å². The molecule has 3 rings (SSSR count). The van der Waals surface area contributed by atoms with E-state index in [1.165, 1.54) is 23.3 Å². The minimum Gasteiger partial charge on any atom is -0.418 e. The molecule has 8 heteroatoms. The van der Waals surface area contributed by atoms with Crippen LogP contribution in [0.25, 0.3) is 0 Å². The van der Waals surface area contributed by atoms with Crippen molar-refractivity contribution in [2.45, 2.75) is 6.23 Å². The molecule has 5 nitrogen and oxygen atoms in total. The highest BCUT2D eigenvalue weighted by molar-refractivity contribution is 6.30. The smallest absolute Gasteiger partial charge is 0.418 e.